The number of hydrogen-bond acceptors (Lipinski definition) is 3. The predicted octanol–water partition coefficient (Wildman–Crippen LogP) is 12.2. The third kappa shape index (κ3) is 3.61. The molecule has 0 saturated carbocycles. The van der Waals surface area contributed by atoms with Crippen molar-refractivity contribution in [2.24, 2.45) is 0 Å². The number of benzene rings is 7. The molecule has 0 unspecified atom stereocenters. The fourth-order valence-electron chi connectivity index (χ4n) is 8.51. The first kappa shape index (κ1) is 27.1. The highest BCUT2D eigenvalue weighted by molar-refractivity contribution is 7.26. The third-order valence-electron chi connectivity index (χ3n) is 10.8. The highest BCUT2D eigenvalue weighted by Crippen LogP contribution is 2.51. The minimum atomic E-state index is -0.190. The predicted molar refractivity (Wildman–Crippen MR) is 207 cm³/mol. The van der Waals surface area contributed by atoms with Gasteiger partial charge in [0.2, 0.25) is 5.95 Å². The molecule has 49 heavy (non-hydrogen) atoms. The van der Waals surface area contributed by atoms with Crippen LogP contribution in [0.2, 0.25) is 0 Å². The first-order chi connectivity index (χ1) is 24.1. The molecule has 3 aromatic heterocycles. The topological polar surface area (TPSA) is 30.7 Å². The molecule has 0 aliphatic heterocycles. The van der Waals surface area contributed by atoms with Gasteiger partial charge in [-0.05, 0) is 63.4 Å². The largest absolute Gasteiger partial charge is 0.278 e. The Morgan fingerprint density at radius 2 is 1.24 bits per heavy atom. The van der Waals surface area contributed by atoms with Gasteiger partial charge in [-0.25, -0.2) is 9.97 Å². The summed E-state index contributed by atoms with van der Waals surface area (Å²) in [5.74, 6) is 0.689. The van der Waals surface area contributed by atoms with Crippen molar-refractivity contribution in [1.29, 1.82) is 0 Å². The van der Waals surface area contributed by atoms with Crippen LogP contribution in [0.4, 0.5) is 0 Å². The fourth-order valence-corrected chi connectivity index (χ4v) is 9.72. The summed E-state index contributed by atoms with van der Waals surface area (Å²) < 4.78 is 4.84. The van der Waals surface area contributed by atoms with Gasteiger partial charge in [-0.3, -0.25) is 4.57 Å². The van der Waals surface area contributed by atoms with Crippen molar-refractivity contribution >= 4 is 75.0 Å². The summed E-state index contributed by atoms with van der Waals surface area (Å²) in [6.45, 7) is 4.73. The molecule has 0 fully saturated rings. The van der Waals surface area contributed by atoms with Crippen molar-refractivity contribution < 1.29 is 0 Å². The average Bonchev–Trinajstić information content (AvgIpc) is 3.68. The maximum absolute atomic E-state index is 5.51. The van der Waals surface area contributed by atoms with Crippen LogP contribution in [0.3, 0.4) is 0 Å². The Balaban J connectivity index is 1.24. The Bertz CT molecular complexity index is 3030. The lowest BCUT2D eigenvalue weighted by Gasteiger charge is -2.35. The van der Waals surface area contributed by atoms with Crippen LogP contribution in [0.1, 0.15) is 25.0 Å². The van der Waals surface area contributed by atoms with Gasteiger partial charge >= 0.3 is 0 Å². The SMILES string of the molecule is CC1(C)c2cc3c(cc2-c2cccc4cccc1c24)c1ccccc1n3-c1nc(-c2cccc3c2sc2ccccc23)c2ccccc2n1. The number of aromatic nitrogens is 3. The van der Waals surface area contributed by atoms with Gasteiger partial charge in [0.05, 0.1) is 22.2 Å². The molecular weight excluding hydrogens is 615 g/mol. The molecule has 3 nitrogen and oxygen atoms in total. The van der Waals surface area contributed by atoms with E-state index in [4.69, 9.17) is 9.97 Å². The van der Waals surface area contributed by atoms with Crippen LogP contribution in [-0.2, 0) is 5.41 Å². The van der Waals surface area contributed by atoms with Crippen LogP contribution in [0.25, 0.3) is 92.0 Å². The molecule has 0 amide bonds. The van der Waals surface area contributed by atoms with E-state index in [0.717, 1.165) is 33.2 Å². The van der Waals surface area contributed by atoms with Crippen molar-refractivity contribution in [3.8, 4) is 28.3 Å². The van der Waals surface area contributed by atoms with E-state index in [9.17, 15) is 0 Å². The molecule has 11 rings (SSSR count). The van der Waals surface area contributed by atoms with E-state index in [1.54, 1.807) is 0 Å². The number of hydrogen-bond donors (Lipinski definition) is 0. The second-order valence-corrected chi connectivity index (χ2v) is 14.8. The van der Waals surface area contributed by atoms with Gasteiger partial charge < -0.3 is 0 Å². The normalized spacial score (nSPS) is 13.7. The second-order valence-electron chi connectivity index (χ2n) is 13.8. The second kappa shape index (κ2) is 9.62. The van der Waals surface area contributed by atoms with E-state index in [1.807, 2.05) is 11.3 Å². The number of rotatable bonds is 2. The molecule has 0 bridgehead atoms. The standard InChI is InChI=1S/C45H29N3S/c1-45(2)35-20-10-13-26-12-9-17-29(41(26)35)33-24-34-27-14-4-7-22-38(27)48(39(34)25-36(33)45)44-46-37-21-6-3-16-31(37)42(47-44)32-19-11-18-30-28-15-5-8-23-40(28)49-43(30)32/h3-25H,1-2H3. The summed E-state index contributed by atoms with van der Waals surface area (Å²) in [7, 11) is 0. The van der Waals surface area contributed by atoms with Gasteiger partial charge in [-0.15, -0.1) is 11.3 Å². The van der Waals surface area contributed by atoms with Gasteiger partial charge in [0.15, 0.2) is 0 Å². The van der Waals surface area contributed by atoms with Gasteiger partial charge in [0.1, 0.15) is 0 Å². The lowest BCUT2D eigenvalue weighted by atomic mass is 9.68. The number of para-hydroxylation sites is 2. The van der Waals surface area contributed by atoms with E-state index in [1.165, 1.54) is 64.0 Å². The highest BCUT2D eigenvalue weighted by atomic mass is 32.1. The van der Waals surface area contributed by atoms with Crippen LogP contribution in [0, 0.1) is 0 Å². The Morgan fingerprint density at radius 1 is 0.531 bits per heavy atom. The van der Waals surface area contributed by atoms with E-state index >= 15 is 0 Å². The van der Waals surface area contributed by atoms with Gasteiger partial charge in [0, 0.05) is 47.3 Å². The Hall–Kier alpha value is -5.84. The molecule has 230 valence electrons. The van der Waals surface area contributed by atoms with Gasteiger partial charge in [-0.2, -0.15) is 0 Å². The molecule has 1 aliphatic rings. The van der Waals surface area contributed by atoms with Crippen LogP contribution in [0.15, 0.2) is 140 Å². The smallest absolute Gasteiger partial charge is 0.235 e. The fraction of sp³-hybridized carbons (Fsp3) is 0.0667. The first-order valence-corrected chi connectivity index (χ1v) is 17.7. The summed E-state index contributed by atoms with van der Waals surface area (Å²) in [6, 6.07) is 50.8. The number of fused-ring (bicyclic) bond motifs is 9. The third-order valence-corrected chi connectivity index (χ3v) is 12.0. The molecule has 10 aromatic rings. The molecular formula is C45H29N3S. The van der Waals surface area contributed by atoms with Crippen LogP contribution < -0.4 is 0 Å². The van der Waals surface area contributed by atoms with Crippen molar-refractivity contribution in [3.63, 3.8) is 0 Å². The Kier molecular flexibility index (Phi) is 5.33. The monoisotopic (exact) mass is 643 g/mol. The van der Waals surface area contributed by atoms with Crippen molar-refractivity contribution in [3.05, 3.63) is 151 Å². The lowest BCUT2D eigenvalue weighted by molar-refractivity contribution is 0.646. The zero-order valence-electron chi connectivity index (χ0n) is 27.0. The summed E-state index contributed by atoms with van der Waals surface area (Å²) >= 11 is 1.84. The summed E-state index contributed by atoms with van der Waals surface area (Å²) in [6.07, 6.45) is 0. The first-order valence-electron chi connectivity index (χ1n) is 16.8. The molecule has 0 radical (unpaired) electrons. The van der Waals surface area contributed by atoms with E-state index in [2.05, 4.69) is 158 Å². The van der Waals surface area contributed by atoms with Crippen LogP contribution in [-0.4, -0.2) is 14.5 Å². The molecule has 0 N–H and O–H groups in total. The van der Waals surface area contributed by atoms with Crippen LogP contribution >= 0.6 is 11.3 Å². The Morgan fingerprint density at radius 3 is 2.14 bits per heavy atom. The summed E-state index contributed by atoms with van der Waals surface area (Å²) in [5, 5.41) is 8.68. The molecule has 7 aromatic carbocycles. The lowest BCUT2D eigenvalue weighted by Crippen LogP contribution is -2.23. The maximum atomic E-state index is 5.51. The van der Waals surface area contributed by atoms with Gasteiger partial charge in [-0.1, -0.05) is 123 Å². The van der Waals surface area contributed by atoms with Crippen LogP contribution in [0.5, 0.6) is 0 Å². The van der Waals surface area contributed by atoms with E-state index in [0.29, 0.717) is 5.95 Å². The van der Waals surface area contributed by atoms with E-state index < -0.39 is 0 Å². The van der Waals surface area contributed by atoms with Crippen molar-refractivity contribution in [2.75, 3.05) is 0 Å². The zero-order chi connectivity index (χ0) is 32.4. The highest BCUT2D eigenvalue weighted by Gasteiger charge is 2.34. The summed E-state index contributed by atoms with van der Waals surface area (Å²) in [5.41, 5.74) is 10.4. The van der Waals surface area contributed by atoms with Crippen molar-refractivity contribution in [2.45, 2.75) is 19.3 Å². The Labute approximate surface area is 286 Å². The molecule has 3 heterocycles. The molecule has 0 spiro atoms. The summed E-state index contributed by atoms with van der Waals surface area (Å²) in [4.78, 5) is 10.8. The molecule has 0 saturated heterocycles. The molecule has 0 atom stereocenters. The minimum absolute atomic E-state index is 0.190. The zero-order valence-corrected chi connectivity index (χ0v) is 27.8. The number of nitrogens with zero attached hydrogens (tertiary/aromatic N) is 3. The molecule has 4 heteroatoms. The number of thiophene rings is 1. The van der Waals surface area contributed by atoms with Crippen molar-refractivity contribution in [1.82, 2.24) is 14.5 Å². The van der Waals surface area contributed by atoms with Gasteiger partial charge in [0.25, 0.3) is 0 Å². The average molecular weight is 644 g/mol. The molecule has 1 aliphatic carbocycles. The maximum Gasteiger partial charge on any atom is 0.235 e. The van der Waals surface area contributed by atoms with E-state index in [-0.39, 0.29) is 5.41 Å². The quantitative estimate of drug-likeness (QED) is 0.188. The minimum Gasteiger partial charge on any atom is -0.278 e.